The maximum Gasteiger partial charge on any atom is 0.190 e. The predicted octanol–water partition coefficient (Wildman–Crippen LogP) is 4.03. The summed E-state index contributed by atoms with van der Waals surface area (Å²) in [6.07, 6.45) is 1.50. The van der Waals surface area contributed by atoms with E-state index in [1.165, 1.54) is 6.92 Å². The maximum atomic E-state index is 13.2. The van der Waals surface area contributed by atoms with E-state index in [2.05, 4.69) is 0 Å². The van der Waals surface area contributed by atoms with Crippen molar-refractivity contribution in [2.24, 2.45) is 11.8 Å². The van der Waals surface area contributed by atoms with Crippen LogP contribution in [-0.4, -0.2) is 27.7 Å². The minimum Gasteiger partial charge on any atom is -0.511 e. The average Bonchev–Trinajstić information content (AvgIpc) is 3.07. The fourth-order valence-electron chi connectivity index (χ4n) is 4.92. The summed E-state index contributed by atoms with van der Waals surface area (Å²) in [4.78, 5) is 25.6. The summed E-state index contributed by atoms with van der Waals surface area (Å²) in [5.41, 5.74) is 3.55. The molecule has 4 nitrogen and oxygen atoms in total. The number of hydrogen-bond acceptors (Lipinski definition) is 5. The quantitative estimate of drug-likeness (QED) is 0.851. The fraction of sp³-hybridized carbons (Fsp3) is 0.429. The van der Waals surface area contributed by atoms with E-state index in [0.717, 1.165) is 38.9 Å². The van der Waals surface area contributed by atoms with Crippen LogP contribution in [0.5, 0.6) is 0 Å². The van der Waals surface area contributed by atoms with Gasteiger partial charge in [-0.05, 0) is 50.5 Å². The van der Waals surface area contributed by atoms with Gasteiger partial charge in [0, 0.05) is 11.8 Å². The lowest BCUT2D eigenvalue weighted by molar-refractivity contribution is -0.118. The van der Waals surface area contributed by atoms with Gasteiger partial charge in [-0.1, -0.05) is 29.5 Å². The van der Waals surface area contributed by atoms with Crippen LogP contribution in [0.4, 0.5) is 0 Å². The number of ketones is 1. The summed E-state index contributed by atoms with van der Waals surface area (Å²) in [6.45, 7) is 9.35. The molecule has 4 atom stereocenters. The van der Waals surface area contributed by atoms with Crippen molar-refractivity contribution in [3.8, 4) is 0 Å². The number of thioether (sulfide) groups is 1. The van der Waals surface area contributed by atoms with Gasteiger partial charge in [-0.15, -0.1) is 0 Å². The van der Waals surface area contributed by atoms with Crippen molar-refractivity contribution in [3.63, 3.8) is 0 Å². The van der Waals surface area contributed by atoms with Crippen LogP contribution in [0.1, 0.15) is 36.1 Å². The number of benzene rings is 1. The second-order valence-corrected chi connectivity index (χ2v) is 8.93. The molecule has 0 aromatic heterocycles. The van der Waals surface area contributed by atoms with E-state index in [1.54, 1.807) is 0 Å². The van der Waals surface area contributed by atoms with Gasteiger partial charge in [-0.2, -0.15) is 0 Å². The molecule has 1 aromatic rings. The zero-order chi connectivity index (χ0) is 19.0. The van der Waals surface area contributed by atoms with E-state index in [9.17, 15) is 14.7 Å². The molecule has 1 aromatic carbocycles. The molecule has 0 amide bonds. The second kappa shape index (κ2) is 5.57. The SMILES string of the molecule is CC(=O)SC1=C[C@@H]2O[C@@]1(C)[C@H]1C(O)=C(c3c(C)cc(C)cc3C)C(=O)[C@@H]21. The Bertz CT molecular complexity index is 903. The molecule has 1 N–H and O–H groups in total. The fourth-order valence-corrected chi connectivity index (χ4v) is 5.81. The van der Waals surface area contributed by atoms with Crippen molar-refractivity contribution in [1.82, 2.24) is 0 Å². The highest BCUT2D eigenvalue weighted by Crippen LogP contribution is 2.61. The number of carbonyl (C=O) groups is 2. The van der Waals surface area contributed by atoms with Gasteiger partial charge in [-0.25, -0.2) is 0 Å². The van der Waals surface area contributed by atoms with Gasteiger partial charge in [0.15, 0.2) is 10.9 Å². The van der Waals surface area contributed by atoms with Gasteiger partial charge < -0.3 is 9.84 Å². The van der Waals surface area contributed by atoms with E-state index < -0.39 is 17.4 Å². The van der Waals surface area contributed by atoms with Crippen LogP contribution in [0.2, 0.25) is 0 Å². The lowest BCUT2D eigenvalue weighted by atomic mass is 9.77. The number of aliphatic hydroxyl groups excluding tert-OH is 1. The Morgan fingerprint density at radius 2 is 1.85 bits per heavy atom. The van der Waals surface area contributed by atoms with Crippen molar-refractivity contribution in [3.05, 3.63) is 51.1 Å². The standard InChI is InChI=1S/C21H22O4S/c1-9-6-10(2)15(11(3)7-9)17-19(23)16-13-8-14(26-12(4)22)21(5,25-13)18(16)20(17)24/h6-8,13,16,18,24H,1-5H3/t13-,16-,18+,21+/m0/s1. The largest absolute Gasteiger partial charge is 0.511 e. The highest BCUT2D eigenvalue weighted by molar-refractivity contribution is 8.16. The van der Waals surface area contributed by atoms with Crippen molar-refractivity contribution >= 4 is 28.2 Å². The lowest BCUT2D eigenvalue weighted by Gasteiger charge is -2.30. The van der Waals surface area contributed by atoms with Crippen LogP contribution in [-0.2, 0) is 14.3 Å². The first-order valence-electron chi connectivity index (χ1n) is 8.79. The predicted molar refractivity (Wildman–Crippen MR) is 102 cm³/mol. The molecule has 0 radical (unpaired) electrons. The molecule has 2 heterocycles. The summed E-state index contributed by atoms with van der Waals surface area (Å²) in [7, 11) is 0. The van der Waals surface area contributed by atoms with Crippen LogP contribution in [0, 0.1) is 32.6 Å². The number of hydrogen-bond donors (Lipinski definition) is 1. The monoisotopic (exact) mass is 370 g/mol. The van der Waals surface area contributed by atoms with Crippen LogP contribution >= 0.6 is 11.8 Å². The number of aliphatic hydroxyl groups is 1. The molecule has 1 aliphatic carbocycles. The zero-order valence-electron chi connectivity index (χ0n) is 15.5. The Hall–Kier alpha value is -1.85. The minimum atomic E-state index is -0.820. The summed E-state index contributed by atoms with van der Waals surface area (Å²) in [5.74, 6) is -0.789. The number of aryl methyl sites for hydroxylation is 3. The van der Waals surface area contributed by atoms with Crippen LogP contribution in [0.3, 0.4) is 0 Å². The molecule has 4 rings (SSSR count). The topological polar surface area (TPSA) is 63.6 Å². The van der Waals surface area contributed by atoms with Crippen LogP contribution in [0.25, 0.3) is 5.57 Å². The highest BCUT2D eigenvalue weighted by Gasteiger charge is 2.65. The van der Waals surface area contributed by atoms with Gasteiger partial charge in [-0.3, -0.25) is 9.59 Å². The molecule has 1 saturated heterocycles. The molecule has 136 valence electrons. The van der Waals surface area contributed by atoms with Crippen molar-refractivity contribution < 1.29 is 19.4 Å². The van der Waals surface area contributed by atoms with E-state index in [4.69, 9.17) is 4.74 Å². The molecule has 2 bridgehead atoms. The lowest BCUT2D eigenvalue weighted by Crippen LogP contribution is -2.36. The van der Waals surface area contributed by atoms with Gasteiger partial charge >= 0.3 is 0 Å². The number of ether oxygens (including phenoxy) is 1. The molecule has 0 unspecified atom stereocenters. The van der Waals surface area contributed by atoms with E-state index in [-0.39, 0.29) is 22.8 Å². The van der Waals surface area contributed by atoms with Crippen molar-refractivity contribution in [1.29, 1.82) is 0 Å². The third-order valence-corrected chi connectivity index (χ3v) is 6.82. The smallest absolute Gasteiger partial charge is 0.190 e. The molecular weight excluding hydrogens is 348 g/mol. The normalized spacial score (nSPS) is 32.3. The first-order valence-corrected chi connectivity index (χ1v) is 9.61. The molecule has 0 spiro atoms. The Morgan fingerprint density at radius 3 is 2.42 bits per heavy atom. The number of Topliss-reactive ketones (excluding diaryl/α,β-unsaturated/α-hetero) is 1. The van der Waals surface area contributed by atoms with Gasteiger partial charge in [0.2, 0.25) is 0 Å². The molecule has 2 aliphatic heterocycles. The van der Waals surface area contributed by atoms with Gasteiger partial charge in [0.05, 0.1) is 23.5 Å². The average molecular weight is 370 g/mol. The van der Waals surface area contributed by atoms with Gasteiger partial charge in [0.25, 0.3) is 0 Å². The zero-order valence-corrected chi connectivity index (χ0v) is 16.4. The Balaban J connectivity index is 1.84. The van der Waals surface area contributed by atoms with Crippen molar-refractivity contribution in [2.75, 3.05) is 0 Å². The molecule has 0 saturated carbocycles. The molecule has 26 heavy (non-hydrogen) atoms. The molecule has 3 aliphatic rings. The second-order valence-electron chi connectivity index (χ2n) is 7.72. The summed E-state index contributed by atoms with van der Waals surface area (Å²) >= 11 is 1.13. The Morgan fingerprint density at radius 1 is 1.23 bits per heavy atom. The summed E-state index contributed by atoms with van der Waals surface area (Å²) in [5, 5.41) is 11.1. The first-order chi connectivity index (χ1) is 12.1. The van der Waals surface area contributed by atoms with E-state index >= 15 is 0 Å². The Kier molecular flexibility index (Phi) is 3.76. The third kappa shape index (κ3) is 2.20. The van der Waals surface area contributed by atoms with Crippen LogP contribution in [0.15, 0.2) is 28.9 Å². The summed E-state index contributed by atoms with van der Waals surface area (Å²) < 4.78 is 6.06. The first kappa shape index (κ1) is 17.6. The number of fused-ring (bicyclic) bond motifs is 5. The third-order valence-electron chi connectivity index (χ3n) is 5.77. The number of allylic oxidation sites excluding steroid dienone is 1. The van der Waals surface area contributed by atoms with Gasteiger partial charge in [0.1, 0.15) is 11.4 Å². The highest BCUT2D eigenvalue weighted by atomic mass is 32.2. The van der Waals surface area contributed by atoms with Crippen LogP contribution < -0.4 is 0 Å². The number of carbonyl (C=O) groups excluding carboxylic acids is 2. The van der Waals surface area contributed by atoms with E-state index in [1.807, 2.05) is 45.9 Å². The summed E-state index contributed by atoms with van der Waals surface area (Å²) in [6, 6.07) is 4.07. The minimum absolute atomic E-state index is 0.0246. The molecule has 5 heteroatoms. The molecule has 1 fully saturated rings. The number of rotatable bonds is 2. The maximum absolute atomic E-state index is 13.2. The Labute approximate surface area is 157 Å². The van der Waals surface area contributed by atoms with E-state index in [0.29, 0.717) is 5.57 Å². The van der Waals surface area contributed by atoms with Crippen molar-refractivity contribution in [2.45, 2.75) is 46.3 Å². The molecular formula is C21H22O4S.